The van der Waals surface area contributed by atoms with Crippen LogP contribution in [-0.2, 0) is 0 Å². The molecule has 5 heteroatoms. The molecule has 3 N–H and O–H groups in total. The van der Waals surface area contributed by atoms with Crippen LogP contribution >= 0.6 is 15.9 Å². The van der Waals surface area contributed by atoms with Gasteiger partial charge in [0, 0.05) is 22.5 Å². The second-order valence-electron chi connectivity index (χ2n) is 1.77. The van der Waals surface area contributed by atoms with E-state index in [1.807, 2.05) is 0 Å². The lowest BCUT2D eigenvalue weighted by Crippen LogP contribution is -2.10. The lowest BCUT2D eigenvalue weighted by Gasteiger charge is -1.99. The monoisotopic (exact) mass is 206 g/mol. The molecule has 0 radical (unpaired) electrons. The number of hydrogen-bond acceptors (Lipinski definition) is 4. The fraction of sp³-hybridized carbons (Fsp3) is 0.400. The van der Waals surface area contributed by atoms with Gasteiger partial charge in [-0.2, -0.15) is 0 Å². The third kappa shape index (κ3) is 1.56. The molecule has 0 saturated carbocycles. The largest absolute Gasteiger partial charge is 0.433 e. The van der Waals surface area contributed by atoms with Crippen LogP contribution in [0, 0.1) is 0 Å². The summed E-state index contributed by atoms with van der Waals surface area (Å²) < 4.78 is 4.91. The van der Waals surface area contributed by atoms with Gasteiger partial charge in [-0.25, -0.2) is 4.98 Å². The van der Waals surface area contributed by atoms with Crippen molar-refractivity contribution >= 4 is 15.9 Å². The van der Waals surface area contributed by atoms with Gasteiger partial charge in [-0.1, -0.05) is 0 Å². The van der Waals surface area contributed by atoms with E-state index in [4.69, 9.17) is 15.3 Å². The van der Waals surface area contributed by atoms with Crippen LogP contribution in [0.5, 0.6) is 0 Å². The normalized spacial score (nSPS) is 13.5. The summed E-state index contributed by atoms with van der Waals surface area (Å²) in [5.41, 5.74) is 5.16. The molecule has 0 aliphatic rings. The number of nitrogens with zero attached hydrogens (tertiary/aromatic N) is 1. The van der Waals surface area contributed by atoms with Gasteiger partial charge >= 0.3 is 0 Å². The summed E-state index contributed by atoms with van der Waals surface area (Å²) in [7, 11) is 0. The van der Waals surface area contributed by atoms with Crippen molar-refractivity contribution in [2.45, 2.75) is 6.10 Å². The lowest BCUT2D eigenvalue weighted by molar-refractivity contribution is 0.156. The number of nitrogens with two attached hydrogens (primary N) is 1. The first-order valence-corrected chi connectivity index (χ1v) is 3.52. The SMILES string of the molecule is NCC(O)c1cnc(Br)o1. The summed E-state index contributed by atoms with van der Waals surface area (Å²) in [6, 6.07) is 0. The molecule has 0 aliphatic carbocycles. The van der Waals surface area contributed by atoms with Crippen LogP contribution in [0.4, 0.5) is 0 Å². The molecule has 0 aliphatic heterocycles. The number of halogens is 1. The van der Waals surface area contributed by atoms with Crippen LogP contribution in [0.25, 0.3) is 0 Å². The van der Waals surface area contributed by atoms with Crippen molar-refractivity contribution in [3.8, 4) is 0 Å². The lowest BCUT2D eigenvalue weighted by atomic mass is 10.3. The van der Waals surface area contributed by atoms with E-state index in [1.165, 1.54) is 6.20 Å². The number of oxazole rings is 1. The zero-order valence-corrected chi connectivity index (χ0v) is 6.71. The molecule has 4 nitrogen and oxygen atoms in total. The highest BCUT2D eigenvalue weighted by Crippen LogP contribution is 2.15. The smallest absolute Gasteiger partial charge is 0.264 e. The predicted octanol–water partition coefficient (Wildman–Crippen LogP) is 0.429. The summed E-state index contributed by atoms with van der Waals surface area (Å²) in [5, 5.41) is 9.06. The van der Waals surface area contributed by atoms with Crippen molar-refractivity contribution in [2.75, 3.05) is 6.54 Å². The van der Waals surface area contributed by atoms with Crippen molar-refractivity contribution in [1.29, 1.82) is 0 Å². The minimum absolute atomic E-state index is 0.141. The van der Waals surface area contributed by atoms with Crippen LogP contribution < -0.4 is 5.73 Å². The summed E-state index contributed by atoms with van der Waals surface area (Å²) >= 11 is 3.00. The van der Waals surface area contributed by atoms with Crippen LogP contribution in [0.15, 0.2) is 15.4 Å². The molecule has 1 atom stereocenters. The topological polar surface area (TPSA) is 72.3 Å². The number of aliphatic hydroxyl groups excluding tert-OH is 1. The fourth-order valence-electron chi connectivity index (χ4n) is 0.535. The molecule has 10 heavy (non-hydrogen) atoms. The molecule has 0 bridgehead atoms. The second kappa shape index (κ2) is 3.14. The van der Waals surface area contributed by atoms with E-state index in [9.17, 15) is 0 Å². The molecule has 0 fully saturated rings. The minimum atomic E-state index is -0.751. The number of aliphatic hydroxyl groups is 1. The Morgan fingerprint density at radius 3 is 3.00 bits per heavy atom. The van der Waals surface area contributed by atoms with Gasteiger partial charge in [-0.3, -0.25) is 0 Å². The average molecular weight is 207 g/mol. The highest BCUT2D eigenvalue weighted by Gasteiger charge is 2.09. The summed E-state index contributed by atoms with van der Waals surface area (Å²) in [5.74, 6) is 0.384. The summed E-state index contributed by atoms with van der Waals surface area (Å²) in [4.78, 5) is 4.08. The standard InChI is InChI=1S/C5H7BrN2O2/c6-5-8-2-4(10-5)3(9)1-7/h2-3,9H,1,7H2. The first-order chi connectivity index (χ1) is 4.74. The Kier molecular flexibility index (Phi) is 2.42. The minimum Gasteiger partial charge on any atom is -0.433 e. The molecule has 1 rings (SSSR count). The second-order valence-corrected chi connectivity index (χ2v) is 2.45. The molecule has 1 aromatic rings. The Morgan fingerprint density at radius 1 is 1.90 bits per heavy atom. The predicted molar refractivity (Wildman–Crippen MR) is 38.2 cm³/mol. The summed E-state index contributed by atoms with van der Waals surface area (Å²) in [6.45, 7) is 0.141. The molecule has 0 saturated heterocycles. The van der Waals surface area contributed by atoms with Crippen molar-refractivity contribution in [1.82, 2.24) is 4.98 Å². The Hall–Kier alpha value is -0.390. The van der Waals surface area contributed by atoms with Gasteiger partial charge in [0.1, 0.15) is 6.10 Å². The Labute approximate surface area is 66.2 Å². The van der Waals surface area contributed by atoms with E-state index in [0.29, 0.717) is 10.6 Å². The van der Waals surface area contributed by atoms with E-state index in [1.54, 1.807) is 0 Å². The molecule has 1 unspecified atom stereocenters. The van der Waals surface area contributed by atoms with Crippen LogP contribution in [0.1, 0.15) is 11.9 Å². The van der Waals surface area contributed by atoms with Gasteiger partial charge in [0.05, 0.1) is 6.20 Å². The van der Waals surface area contributed by atoms with Crippen LogP contribution in [-0.4, -0.2) is 16.6 Å². The van der Waals surface area contributed by atoms with E-state index >= 15 is 0 Å². The molecular formula is C5H7BrN2O2. The zero-order valence-electron chi connectivity index (χ0n) is 5.12. The number of aromatic nitrogens is 1. The Balaban J connectivity index is 2.74. The van der Waals surface area contributed by atoms with E-state index in [2.05, 4.69) is 20.9 Å². The van der Waals surface area contributed by atoms with Gasteiger partial charge in [0.25, 0.3) is 4.80 Å². The molecule has 0 spiro atoms. The van der Waals surface area contributed by atoms with Gasteiger partial charge in [-0.15, -0.1) is 0 Å². The quantitative estimate of drug-likeness (QED) is 0.737. The van der Waals surface area contributed by atoms with E-state index < -0.39 is 6.10 Å². The molecule has 0 aromatic carbocycles. The highest BCUT2D eigenvalue weighted by atomic mass is 79.9. The molecular weight excluding hydrogens is 200 g/mol. The maximum atomic E-state index is 9.06. The van der Waals surface area contributed by atoms with Gasteiger partial charge in [0.15, 0.2) is 5.76 Å². The van der Waals surface area contributed by atoms with Crippen molar-refractivity contribution in [3.63, 3.8) is 0 Å². The maximum Gasteiger partial charge on any atom is 0.264 e. The zero-order chi connectivity index (χ0) is 7.56. The number of rotatable bonds is 2. The average Bonchev–Trinajstić information content (AvgIpc) is 2.34. The third-order valence-electron chi connectivity index (χ3n) is 1.05. The van der Waals surface area contributed by atoms with Crippen LogP contribution in [0.2, 0.25) is 0 Å². The first-order valence-electron chi connectivity index (χ1n) is 2.73. The molecule has 1 aromatic heterocycles. The Morgan fingerprint density at radius 2 is 2.60 bits per heavy atom. The van der Waals surface area contributed by atoms with Gasteiger partial charge in [-0.05, 0) is 0 Å². The highest BCUT2D eigenvalue weighted by molar-refractivity contribution is 9.10. The number of hydrogen-bond donors (Lipinski definition) is 2. The van der Waals surface area contributed by atoms with E-state index in [-0.39, 0.29) is 6.54 Å². The third-order valence-corrected chi connectivity index (χ3v) is 1.41. The van der Waals surface area contributed by atoms with Crippen molar-refractivity contribution < 1.29 is 9.52 Å². The summed E-state index contributed by atoms with van der Waals surface area (Å²) in [6.07, 6.45) is 0.681. The van der Waals surface area contributed by atoms with Crippen LogP contribution in [0.3, 0.4) is 0 Å². The molecule has 1 heterocycles. The molecule has 56 valence electrons. The van der Waals surface area contributed by atoms with Gasteiger partial charge in [0.2, 0.25) is 0 Å². The van der Waals surface area contributed by atoms with Crippen molar-refractivity contribution in [2.24, 2.45) is 5.73 Å². The fourth-order valence-corrected chi connectivity index (χ4v) is 0.824. The Bertz CT molecular complexity index is 213. The maximum absolute atomic E-state index is 9.06. The van der Waals surface area contributed by atoms with E-state index in [0.717, 1.165) is 0 Å². The van der Waals surface area contributed by atoms with Gasteiger partial charge < -0.3 is 15.3 Å². The van der Waals surface area contributed by atoms with Crippen molar-refractivity contribution in [3.05, 3.63) is 16.8 Å². The first kappa shape index (κ1) is 7.71. The molecule has 0 amide bonds.